The Hall–Kier alpha value is -0.570. The summed E-state index contributed by atoms with van der Waals surface area (Å²) in [6.07, 6.45) is 0. The summed E-state index contributed by atoms with van der Waals surface area (Å²) in [7, 11) is 1.85. The van der Waals surface area contributed by atoms with Crippen LogP contribution in [0.15, 0.2) is 0 Å². The molecule has 1 N–H and O–H groups in total. The van der Waals surface area contributed by atoms with Gasteiger partial charge in [0.25, 0.3) is 0 Å². The number of nitrogens with one attached hydrogen (secondary N) is 1. The van der Waals surface area contributed by atoms with E-state index in [4.69, 9.17) is 0 Å². The first-order valence-corrected chi connectivity index (χ1v) is 3.67. The first-order valence-electron chi connectivity index (χ1n) is 3.67. The Bertz CT molecular complexity index is 122. The van der Waals surface area contributed by atoms with E-state index in [0.29, 0.717) is 0 Å². The average molecular weight is 142 g/mol. The minimum absolute atomic E-state index is 0.146. The monoisotopic (exact) mass is 142 g/mol. The lowest BCUT2D eigenvalue weighted by molar-refractivity contribution is -0.132. The second kappa shape index (κ2) is 3.01. The fraction of sp³-hybridized carbons (Fsp3) is 0.857. The van der Waals surface area contributed by atoms with E-state index in [1.54, 1.807) is 4.90 Å². The van der Waals surface area contributed by atoms with Crippen molar-refractivity contribution in [3.8, 4) is 0 Å². The van der Waals surface area contributed by atoms with Gasteiger partial charge >= 0.3 is 0 Å². The summed E-state index contributed by atoms with van der Waals surface area (Å²) < 4.78 is 0. The molecule has 0 aromatic heterocycles. The van der Waals surface area contributed by atoms with Crippen LogP contribution in [0.25, 0.3) is 0 Å². The van der Waals surface area contributed by atoms with Crippen LogP contribution >= 0.6 is 0 Å². The van der Waals surface area contributed by atoms with Crippen LogP contribution in [-0.4, -0.2) is 37.5 Å². The lowest BCUT2D eigenvalue weighted by Crippen LogP contribution is -2.31. The minimum atomic E-state index is 0.146. The number of rotatable bonds is 0. The van der Waals surface area contributed by atoms with Crippen molar-refractivity contribution in [2.75, 3.05) is 26.7 Å². The minimum Gasteiger partial charge on any atom is -0.344 e. The van der Waals surface area contributed by atoms with E-state index in [-0.39, 0.29) is 11.8 Å². The number of hydrogen-bond acceptors (Lipinski definition) is 2. The Morgan fingerprint density at radius 2 is 2.40 bits per heavy atom. The van der Waals surface area contributed by atoms with Crippen molar-refractivity contribution < 1.29 is 4.79 Å². The van der Waals surface area contributed by atoms with Gasteiger partial charge in [-0.2, -0.15) is 0 Å². The second-order valence-corrected chi connectivity index (χ2v) is 2.86. The molecule has 3 nitrogen and oxygen atoms in total. The van der Waals surface area contributed by atoms with E-state index in [1.807, 2.05) is 14.0 Å². The van der Waals surface area contributed by atoms with Gasteiger partial charge in [-0.3, -0.25) is 4.79 Å². The maximum atomic E-state index is 11.2. The van der Waals surface area contributed by atoms with Crippen LogP contribution in [-0.2, 0) is 4.79 Å². The first-order chi connectivity index (χ1) is 4.72. The molecule has 1 saturated heterocycles. The van der Waals surface area contributed by atoms with Crippen LogP contribution in [0.3, 0.4) is 0 Å². The predicted octanol–water partition coefficient (Wildman–Crippen LogP) is -0.316. The molecule has 1 amide bonds. The van der Waals surface area contributed by atoms with Gasteiger partial charge in [0.1, 0.15) is 0 Å². The zero-order valence-corrected chi connectivity index (χ0v) is 6.55. The highest BCUT2D eigenvalue weighted by molar-refractivity contribution is 5.78. The highest BCUT2D eigenvalue weighted by atomic mass is 16.2. The lowest BCUT2D eigenvalue weighted by Gasteiger charge is -2.15. The standard InChI is InChI=1S/C7H14N2O/c1-6-5-8-3-4-9(2)7(6)10/h6,8H,3-5H2,1-2H3/t6-/m0/s1. The third-order valence-electron chi connectivity index (χ3n) is 1.87. The molecule has 0 bridgehead atoms. The summed E-state index contributed by atoms with van der Waals surface area (Å²) in [5, 5.41) is 3.20. The summed E-state index contributed by atoms with van der Waals surface area (Å²) in [6.45, 7) is 4.54. The van der Waals surface area contributed by atoms with Crippen molar-refractivity contribution in [3.63, 3.8) is 0 Å². The van der Waals surface area contributed by atoms with Gasteiger partial charge in [0.2, 0.25) is 5.91 Å². The van der Waals surface area contributed by atoms with Crippen molar-refractivity contribution in [2.24, 2.45) is 5.92 Å². The zero-order chi connectivity index (χ0) is 7.56. The van der Waals surface area contributed by atoms with Gasteiger partial charge in [-0.05, 0) is 0 Å². The number of carbonyl (C=O) groups excluding carboxylic acids is 1. The first kappa shape index (κ1) is 7.54. The molecule has 0 radical (unpaired) electrons. The predicted molar refractivity (Wildman–Crippen MR) is 39.7 cm³/mol. The Balaban J connectivity index is 2.55. The van der Waals surface area contributed by atoms with Gasteiger partial charge in [0.15, 0.2) is 0 Å². The Morgan fingerprint density at radius 1 is 1.70 bits per heavy atom. The zero-order valence-electron chi connectivity index (χ0n) is 6.55. The third-order valence-corrected chi connectivity index (χ3v) is 1.87. The van der Waals surface area contributed by atoms with Crippen molar-refractivity contribution in [1.82, 2.24) is 10.2 Å². The summed E-state index contributed by atoms with van der Waals surface area (Å²) in [6, 6.07) is 0. The molecule has 1 rings (SSSR count). The van der Waals surface area contributed by atoms with E-state index in [9.17, 15) is 4.79 Å². The molecule has 0 aliphatic carbocycles. The maximum absolute atomic E-state index is 11.2. The topological polar surface area (TPSA) is 32.3 Å². The average Bonchev–Trinajstić information content (AvgIpc) is 2.04. The molecule has 0 aromatic carbocycles. The normalized spacial score (nSPS) is 28.4. The van der Waals surface area contributed by atoms with Crippen molar-refractivity contribution in [2.45, 2.75) is 6.92 Å². The van der Waals surface area contributed by atoms with E-state index in [2.05, 4.69) is 5.32 Å². The smallest absolute Gasteiger partial charge is 0.226 e. The van der Waals surface area contributed by atoms with Crippen molar-refractivity contribution in [3.05, 3.63) is 0 Å². The van der Waals surface area contributed by atoms with Gasteiger partial charge in [-0.1, -0.05) is 6.92 Å². The molecule has 1 fully saturated rings. The molecular formula is C7H14N2O. The molecule has 1 atom stereocenters. The summed E-state index contributed by atoms with van der Waals surface area (Å²) in [5.74, 6) is 0.400. The quantitative estimate of drug-likeness (QED) is 0.503. The number of carbonyl (C=O) groups is 1. The molecule has 10 heavy (non-hydrogen) atoms. The van der Waals surface area contributed by atoms with Crippen LogP contribution in [0.1, 0.15) is 6.92 Å². The molecule has 1 aliphatic rings. The number of amides is 1. The van der Waals surface area contributed by atoms with Gasteiger partial charge in [0.05, 0.1) is 0 Å². The molecule has 0 spiro atoms. The third kappa shape index (κ3) is 1.48. The van der Waals surface area contributed by atoms with Crippen molar-refractivity contribution >= 4 is 5.91 Å². The summed E-state index contributed by atoms with van der Waals surface area (Å²) in [4.78, 5) is 13.0. The fourth-order valence-corrected chi connectivity index (χ4v) is 1.14. The summed E-state index contributed by atoms with van der Waals surface area (Å²) in [5.41, 5.74) is 0. The van der Waals surface area contributed by atoms with E-state index in [1.165, 1.54) is 0 Å². The van der Waals surface area contributed by atoms with Gasteiger partial charge in [0, 0.05) is 32.6 Å². The van der Waals surface area contributed by atoms with Crippen LogP contribution < -0.4 is 5.32 Å². The Kier molecular flexibility index (Phi) is 2.27. The lowest BCUT2D eigenvalue weighted by atomic mass is 10.1. The molecule has 0 unspecified atom stereocenters. The second-order valence-electron chi connectivity index (χ2n) is 2.86. The van der Waals surface area contributed by atoms with Crippen LogP contribution in [0, 0.1) is 5.92 Å². The SMILES string of the molecule is C[C@H]1CNCCN(C)C1=O. The highest BCUT2D eigenvalue weighted by Gasteiger charge is 2.19. The molecule has 0 aromatic rings. The molecular weight excluding hydrogens is 128 g/mol. The van der Waals surface area contributed by atoms with Crippen molar-refractivity contribution in [1.29, 1.82) is 0 Å². The summed E-state index contributed by atoms with van der Waals surface area (Å²) >= 11 is 0. The van der Waals surface area contributed by atoms with E-state index < -0.39 is 0 Å². The number of likely N-dealkylation sites (N-methyl/N-ethyl adjacent to an activating group) is 1. The Labute approximate surface area is 61.4 Å². The van der Waals surface area contributed by atoms with Crippen LogP contribution in [0.5, 0.6) is 0 Å². The van der Waals surface area contributed by atoms with Crippen LogP contribution in [0.2, 0.25) is 0 Å². The Morgan fingerprint density at radius 3 is 3.10 bits per heavy atom. The largest absolute Gasteiger partial charge is 0.344 e. The molecule has 0 saturated carbocycles. The number of hydrogen-bond donors (Lipinski definition) is 1. The highest BCUT2D eigenvalue weighted by Crippen LogP contribution is 2.01. The van der Waals surface area contributed by atoms with Gasteiger partial charge in [-0.15, -0.1) is 0 Å². The molecule has 3 heteroatoms. The number of nitrogens with zero attached hydrogens (tertiary/aromatic N) is 1. The van der Waals surface area contributed by atoms with Gasteiger partial charge in [-0.25, -0.2) is 0 Å². The molecule has 1 heterocycles. The molecule has 1 aliphatic heterocycles. The van der Waals surface area contributed by atoms with Crippen LogP contribution in [0.4, 0.5) is 0 Å². The fourth-order valence-electron chi connectivity index (χ4n) is 1.14. The van der Waals surface area contributed by atoms with Gasteiger partial charge < -0.3 is 10.2 Å². The molecule has 58 valence electrons. The maximum Gasteiger partial charge on any atom is 0.226 e. The van der Waals surface area contributed by atoms with E-state index >= 15 is 0 Å². The van der Waals surface area contributed by atoms with E-state index in [0.717, 1.165) is 19.6 Å².